The van der Waals surface area contributed by atoms with Gasteiger partial charge in [0.05, 0.1) is 12.3 Å². The largest absolute Gasteiger partial charge is 0.391 e. The van der Waals surface area contributed by atoms with Gasteiger partial charge in [0.2, 0.25) is 0 Å². The van der Waals surface area contributed by atoms with Gasteiger partial charge >= 0.3 is 0 Å². The zero-order valence-electron chi connectivity index (χ0n) is 9.83. The highest BCUT2D eigenvalue weighted by Crippen LogP contribution is 2.19. The molecule has 0 saturated carbocycles. The molecule has 0 aromatic carbocycles. The number of aliphatic hydroxyl groups excluding tert-OH is 1. The molecule has 16 heavy (non-hydrogen) atoms. The summed E-state index contributed by atoms with van der Waals surface area (Å²) >= 11 is 1.93. The quantitative estimate of drug-likeness (QED) is 0.830. The van der Waals surface area contributed by atoms with E-state index in [0.717, 1.165) is 17.9 Å². The number of hydrogen-bond acceptors (Lipinski definition) is 4. The molecule has 1 saturated heterocycles. The Hall–Kier alpha value is -0.520. The van der Waals surface area contributed by atoms with Crippen LogP contribution in [-0.2, 0) is 13.5 Å². The van der Waals surface area contributed by atoms with Crippen molar-refractivity contribution in [2.24, 2.45) is 7.05 Å². The lowest BCUT2D eigenvalue weighted by Gasteiger charge is -2.35. The van der Waals surface area contributed by atoms with Crippen LogP contribution >= 0.6 is 11.8 Å². The van der Waals surface area contributed by atoms with Crippen LogP contribution in [0.4, 0.5) is 0 Å². The molecule has 4 nitrogen and oxygen atoms in total. The number of rotatable bonds is 3. The maximum atomic E-state index is 10.2. The van der Waals surface area contributed by atoms with Gasteiger partial charge in [-0.25, -0.2) is 0 Å². The van der Waals surface area contributed by atoms with Gasteiger partial charge in [0.1, 0.15) is 0 Å². The summed E-state index contributed by atoms with van der Waals surface area (Å²) in [6.45, 7) is 1.07. The highest BCUT2D eigenvalue weighted by Gasteiger charge is 2.26. The smallest absolute Gasteiger partial charge is 0.0744 e. The summed E-state index contributed by atoms with van der Waals surface area (Å²) in [4.78, 5) is 2.26. The highest BCUT2D eigenvalue weighted by atomic mass is 32.2. The zero-order valence-corrected chi connectivity index (χ0v) is 10.7. The van der Waals surface area contributed by atoms with Crippen LogP contribution in [-0.4, -0.2) is 57.0 Å². The third-order valence-electron chi connectivity index (χ3n) is 3.09. The van der Waals surface area contributed by atoms with Gasteiger partial charge in [-0.05, 0) is 12.6 Å². The summed E-state index contributed by atoms with van der Waals surface area (Å²) in [7, 11) is 4.00. The third-order valence-corrected chi connectivity index (χ3v) is 4.14. The Morgan fingerprint density at radius 2 is 2.44 bits per heavy atom. The summed E-state index contributed by atoms with van der Waals surface area (Å²) < 4.78 is 1.78. The predicted octanol–water partition coefficient (Wildman–Crippen LogP) is 0.371. The molecule has 1 aliphatic heterocycles. The molecule has 2 heterocycles. The Kier molecular flexibility index (Phi) is 3.89. The standard InChI is InChI=1S/C11H19N3OS/c1-13-3-4-16-8-10(13)11(15)5-9-6-12-14(2)7-9/h6-7,10-11,15H,3-5,8H2,1-2H3. The van der Waals surface area contributed by atoms with E-state index < -0.39 is 0 Å². The first-order chi connectivity index (χ1) is 7.66. The Bertz CT molecular complexity index is 342. The van der Waals surface area contributed by atoms with Crippen molar-refractivity contribution in [1.82, 2.24) is 14.7 Å². The van der Waals surface area contributed by atoms with Crippen molar-refractivity contribution in [3.63, 3.8) is 0 Å². The molecule has 1 aromatic rings. The van der Waals surface area contributed by atoms with E-state index in [1.807, 2.05) is 31.2 Å². The SMILES string of the molecule is CN1CCSCC1C(O)Cc1cnn(C)c1. The topological polar surface area (TPSA) is 41.3 Å². The van der Waals surface area contributed by atoms with E-state index in [-0.39, 0.29) is 12.1 Å². The number of likely N-dealkylation sites (N-methyl/N-ethyl adjacent to an activating group) is 1. The Morgan fingerprint density at radius 3 is 3.06 bits per heavy atom. The van der Waals surface area contributed by atoms with E-state index in [4.69, 9.17) is 0 Å². The molecule has 2 rings (SSSR count). The van der Waals surface area contributed by atoms with E-state index in [9.17, 15) is 5.11 Å². The summed E-state index contributed by atoms with van der Waals surface area (Å²) in [5, 5.41) is 14.3. The second kappa shape index (κ2) is 5.21. The van der Waals surface area contributed by atoms with Crippen molar-refractivity contribution in [3.05, 3.63) is 18.0 Å². The van der Waals surface area contributed by atoms with Crippen molar-refractivity contribution in [2.75, 3.05) is 25.1 Å². The summed E-state index contributed by atoms with van der Waals surface area (Å²) in [6, 6.07) is 0.277. The molecule has 1 aliphatic rings. The fraction of sp³-hybridized carbons (Fsp3) is 0.727. The van der Waals surface area contributed by atoms with Gasteiger partial charge in [0, 0.05) is 43.8 Å². The molecule has 90 valence electrons. The number of thioether (sulfide) groups is 1. The minimum absolute atomic E-state index is 0.277. The van der Waals surface area contributed by atoms with Gasteiger partial charge in [0.15, 0.2) is 0 Å². The first kappa shape index (κ1) is 12.0. The van der Waals surface area contributed by atoms with E-state index >= 15 is 0 Å². The molecular formula is C11H19N3OS. The Balaban J connectivity index is 1.93. The lowest BCUT2D eigenvalue weighted by molar-refractivity contribution is 0.0763. The normalized spacial score (nSPS) is 24.6. The second-order valence-electron chi connectivity index (χ2n) is 4.42. The molecular weight excluding hydrogens is 222 g/mol. The lowest BCUT2D eigenvalue weighted by Crippen LogP contribution is -2.47. The number of nitrogens with zero attached hydrogens (tertiary/aromatic N) is 3. The monoisotopic (exact) mass is 241 g/mol. The van der Waals surface area contributed by atoms with Crippen LogP contribution in [0.5, 0.6) is 0 Å². The molecule has 1 aromatic heterocycles. The molecule has 0 spiro atoms. The second-order valence-corrected chi connectivity index (χ2v) is 5.57. The Morgan fingerprint density at radius 1 is 1.62 bits per heavy atom. The van der Waals surface area contributed by atoms with Crippen LogP contribution in [0, 0.1) is 0 Å². The maximum Gasteiger partial charge on any atom is 0.0744 e. The maximum absolute atomic E-state index is 10.2. The fourth-order valence-corrected chi connectivity index (χ4v) is 3.37. The van der Waals surface area contributed by atoms with Crippen molar-refractivity contribution >= 4 is 11.8 Å². The third kappa shape index (κ3) is 2.78. The first-order valence-corrected chi connectivity index (χ1v) is 6.76. The number of aliphatic hydroxyl groups is 1. The highest BCUT2D eigenvalue weighted by molar-refractivity contribution is 7.99. The molecule has 1 N–H and O–H groups in total. The fourth-order valence-electron chi connectivity index (χ4n) is 2.07. The van der Waals surface area contributed by atoms with Crippen LogP contribution < -0.4 is 0 Å². The summed E-state index contributed by atoms with van der Waals surface area (Å²) in [5.74, 6) is 2.20. The number of aryl methyl sites for hydroxylation is 1. The average molecular weight is 241 g/mol. The molecule has 5 heteroatoms. The molecule has 0 radical (unpaired) electrons. The van der Waals surface area contributed by atoms with E-state index in [0.29, 0.717) is 6.42 Å². The minimum Gasteiger partial charge on any atom is -0.391 e. The molecule has 0 aliphatic carbocycles. The van der Waals surface area contributed by atoms with E-state index in [1.165, 1.54) is 5.75 Å². The van der Waals surface area contributed by atoms with Crippen molar-refractivity contribution in [3.8, 4) is 0 Å². The minimum atomic E-state index is -0.290. The van der Waals surface area contributed by atoms with Crippen LogP contribution in [0.1, 0.15) is 5.56 Å². The van der Waals surface area contributed by atoms with Gasteiger partial charge in [-0.2, -0.15) is 16.9 Å². The summed E-state index contributed by atoms with van der Waals surface area (Å²) in [5.41, 5.74) is 1.11. The zero-order chi connectivity index (χ0) is 11.5. The van der Waals surface area contributed by atoms with Crippen LogP contribution in [0.2, 0.25) is 0 Å². The first-order valence-electron chi connectivity index (χ1n) is 5.60. The Labute approximate surface area is 101 Å². The van der Waals surface area contributed by atoms with Gasteiger partial charge in [-0.1, -0.05) is 0 Å². The van der Waals surface area contributed by atoms with Crippen LogP contribution in [0.25, 0.3) is 0 Å². The number of hydrogen-bond donors (Lipinski definition) is 1. The van der Waals surface area contributed by atoms with Crippen molar-refractivity contribution in [1.29, 1.82) is 0 Å². The molecule has 2 atom stereocenters. The summed E-state index contributed by atoms with van der Waals surface area (Å²) in [6.07, 6.45) is 4.21. The van der Waals surface area contributed by atoms with Gasteiger partial charge < -0.3 is 5.11 Å². The van der Waals surface area contributed by atoms with Gasteiger partial charge in [-0.15, -0.1) is 0 Å². The van der Waals surface area contributed by atoms with Crippen LogP contribution in [0.3, 0.4) is 0 Å². The average Bonchev–Trinajstić information content (AvgIpc) is 2.64. The number of aromatic nitrogens is 2. The van der Waals surface area contributed by atoms with Crippen molar-refractivity contribution < 1.29 is 5.11 Å². The van der Waals surface area contributed by atoms with Crippen LogP contribution in [0.15, 0.2) is 12.4 Å². The molecule has 0 amide bonds. The van der Waals surface area contributed by atoms with E-state index in [2.05, 4.69) is 17.0 Å². The predicted molar refractivity (Wildman–Crippen MR) is 66.7 cm³/mol. The lowest BCUT2D eigenvalue weighted by atomic mass is 10.0. The molecule has 2 unspecified atom stereocenters. The molecule has 1 fully saturated rings. The van der Waals surface area contributed by atoms with Gasteiger partial charge in [-0.3, -0.25) is 9.58 Å². The molecule has 0 bridgehead atoms. The van der Waals surface area contributed by atoms with E-state index in [1.54, 1.807) is 4.68 Å². The van der Waals surface area contributed by atoms with Crippen molar-refractivity contribution in [2.45, 2.75) is 18.6 Å². The van der Waals surface area contributed by atoms with Gasteiger partial charge in [0.25, 0.3) is 0 Å².